The molecule has 0 atom stereocenters. The van der Waals surface area contributed by atoms with Crippen LogP contribution < -0.4 is 10.6 Å². The molecule has 1 aromatic carbocycles. The molecule has 0 fully saturated rings. The predicted molar refractivity (Wildman–Crippen MR) is 79.2 cm³/mol. The van der Waals surface area contributed by atoms with E-state index in [1.807, 2.05) is 32.9 Å². The van der Waals surface area contributed by atoms with Gasteiger partial charge in [-0.25, -0.2) is 4.79 Å². The Morgan fingerprint density at radius 2 is 1.70 bits per heavy atom. The molecule has 0 unspecified atom stereocenters. The lowest BCUT2D eigenvalue weighted by atomic mass is 10.1. The smallest absolute Gasteiger partial charge is 0.319 e. The molecule has 0 aliphatic heterocycles. The molecule has 5 nitrogen and oxygen atoms in total. The Morgan fingerprint density at radius 3 is 2.25 bits per heavy atom. The minimum atomic E-state index is -0.805. The third kappa shape index (κ3) is 5.30. The zero-order valence-corrected chi connectivity index (χ0v) is 12.2. The van der Waals surface area contributed by atoms with E-state index in [4.69, 9.17) is 5.11 Å². The maximum Gasteiger partial charge on any atom is 0.319 e. The van der Waals surface area contributed by atoms with Gasteiger partial charge in [0.1, 0.15) is 0 Å². The van der Waals surface area contributed by atoms with Crippen molar-refractivity contribution in [2.75, 3.05) is 11.9 Å². The summed E-state index contributed by atoms with van der Waals surface area (Å²) in [6, 6.07) is 3.79. The monoisotopic (exact) mass is 278 g/mol. The number of aryl methyl sites for hydroxylation is 3. The van der Waals surface area contributed by atoms with Crippen molar-refractivity contribution in [2.45, 2.75) is 40.0 Å². The molecule has 110 valence electrons. The van der Waals surface area contributed by atoms with Crippen LogP contribution in [0.2, 0.25) is 0 Å². The van der Waals surface area contributed by atoms with E-state index in [0.717, 1.165) is 16.8 Å². The maximum absolute atomic E-state index is 11.8. The molecule has 0 saturated heterocycles. The summed E-state index contributed by atoms with van der Waals surface area (Å²) in [4.78, 5) is 22.1. The van der Waals surface area contributed by atoms with E-state index in [1.165, 1.54) is 5.56 Å². The van der Waals surface area contributed by atoms with Gasteiger partial charge in [-0.3, -0.25) is 4.79 Å². The average Bonchev–Trinajstić information content (AvgIpc) is 2.33. The second-order valence-electron chi connectivity index (χ2n) is 5.01. The molecular formula is C15H22N2O3. The first kappa shape index (κ1) is 16.0. The van der Waals surface area contributed by atoms with Gasteiger partial charge in [-0.1, -0.05) is 17.7 Å². The second kappa shape index (κ2) is 7.53. The molecule has 0 spiro atoms. The average molecular weight is 278 g/mol. The van der Waals surface area contributed by atoms with Crippen molar-refractivity contribution in [3.8, 4) is 0 Å². The second-order valence-corrected chi connectivity index (χ2v) is 5.01. The molecule has 0 aromatic heterocycles. The van der Waals surface area contributed by atoms with E-state index in [1.54, 1.807) is 0 Å². The summed E-state index contributed by atoms with van der Waals surface area (Å²) in [5.41, 5.74) is 4.06. The van der Waals surface area contributed by atoms with Crippen LogP contribution in [0.1, 0.15) is 36.0 Å². The molecule has 0 aliphatic rings. The first-order chi connectivity index (χ1) is 9.40. The number of carbonyl (C=O) groups excluding carboxylic acids is 1. The molecule has 2 amide bonds. The lowest BCUT2D eigenvalue weighted by Crippen LogP contribution is -2.30. The van der Waals surface area contributed by atoms with E-state index in [-0.39, 0.29) is 12.5 Å². The van der Waals surface area contributed by atoms with E-state index in [0.29, 0.717) is 19.4 Å². The third-order valence-corrected chi connectivity index (χ3v) is 3.02. The van der Waals surface area contributed by atoms with Crippen LogP contribution in [-0.4, -0.2) is 23.7 Å². The van der Waals surface area contributed by atoms with Crippen LogP contribution in [0, 0.1) is 20.8 Å². The van der Waals surface area contributed by atoms with Gasteiger partial charge in [-0.2, -0.15) is 0 Å². The molecule has 0 saturated carbocycles. The third-order valence-electron chi connectivity index (χ3n) is 3.02. The Labute approximate surface area is 119 Å². The Morgan fingerprint density at radius 1 is 1.10 bits per heavy atom. The molecule has 5 heteroatoms. The predicted octanol–water partition coefficient (Wildman–Crippen LogP) is 2.99. The van der Waals surface area contributed by atoms with Crippen LogP contribution >= 0.6 is 0 Å². The van der Waals surface area contributed by atoms with Crippen molar-refractivity contribution < 1.29 is 14.7 Å². The molecule has 3 N–H and O–H groups in total. The number of anilines is 1. The first-order valence-corrected chi connectivity index (χ1v) is 6.74. The number of carbonyl (C=O) groups is 2. The zero-order chi connectivity index (χ0) is 15.1. The highest BCUT2D eigenvalue weighted by molar-refractivity contribution is 5.91. The van der Waals surface area contributed by atoms with Gasteiger partial charge in [-0.05, 0) is 44.7 Å². The fraction of sp³-hybridized carbons (Fsp3) is 0.467. The molecule has 20 heavy (non-hydrogen) atoms. The van der Waals surface area contributed by atoms with Crippen molar-refractivity contribution in [2.24, 2.45) is 0 Å². The number of urea groups is 1. The van der Waals surface area contributed by atoms with E-state index >= 15 is 0 Å². The summed E-state index contributed by atoms with van der Waals surface area (Å²) < 4.78 is 0. The summed E-state index contributed by atoms with van der Waals surface area (Å²) in [7, 11) is 0. The molecular weight excluding hydrogens is 256 g/mol. The van der Waals surface area contributed by atoms with Crippen molar-refractivity contribution in [1.82, 2.24) is 5.32 Å². The molecule has 0 bridgehead atoms. The Kier molecular flexibility index (Phi) is 6.03. The summed E-state index contributed by atoms with van der Waals surface area (Å²) >= 11 is 0. The summed E-state index contributed by atoms with van der Waals surface area (Å²) in [6.45, 7) is 6.42. The first-order valence-electron chi connectivity index (χ1n) is 6.74. The van der Waals surface area contributed by atoms with Gasteiger partial charge in [0, 0.05) is 18.7 Å². The van der Waals surface area contributed by atoms with Crippen LogP contribution in [0.5, 0.6) is 0 Å². The highest BCUT2D eigenvalue weighted by Gasteiger charge is 2.07. The van der Waals surface area contributed by atoms with E-state index < -0.39 is 5.97 Å². The topological polar surface area (TPSA) is 78.4 Å². The van der Waals surface area contributed by atoms with Gasteiger partial charge in [0.25, 0.3) is 0 Å². The number of amides is 2. The largest absolute Gasteiger partial charge is 0.481 e. The summed E-state index contributed by atoms with van der Waals surface area (Å²) in [5, 5.41) is 14.1. The van der Waals surface area contributed by atoms with Crippen molar-refractivity contribution >= 4 is 17.7 Å². The quantitative estimate of drug-likeness (QED) is 0.700. The van der Waals surface area contributed by atoms with Gasteiger partial charge in [-0.15, -0.1) is 0 Å². The van der Waals surface area contributed by atoms with Gasteiger partial charge in [0.15, 0.2) is 0 Å². The Hall–Kier alpha value is -2.04. The zero-order valence-electron chi connectivity index (χ0n) is 12.2. The molecule has 0 radical (unpaired) electrons. The van der Waals surface area contributed by atoms with Crippen LogP contribution in [0.25, 0.3) is 0 Å². The molecule has 0 aliphatic carbocycles. The van der Waals surface area contributed by atoms with E-state index in [9.17, 15) is 9.59 Å². The number of carboxylic acids is 1. The van der Waals surface area contributed by atoms with Crippen molar-refractivity contribution in [3.05, 3.63) is 28.8 Å². The number of nitrogens with one attached hydrogen (secondary N) is 2. The van der Waals surface area contributed by atoms with E-state index in [2.05, 4.69) is 10.6 Å². The highest BCUT2D eigenvalue weighted by atomic mass is 16.4. The molecule has 1 rings (SSSR count). The van der Waals surface area contributed by atoms with Gasteiger partial charge >= 0.3 is 12.0 Å². The Balaban J connectivity index is 2.41. The number of unbranched alkanes of at least 4 members (excludes halogenated alkanes) is 1. The van der Waals surface area contributed by atoms with Gasteiger partial charge in [0.05, 0.1) is 0 Å². The number of aliphatic carboxylic acids is 1. The normalized spacial score (nSPS) is 10.2. The number of rotatable bonds is 6. The number of hydrogen-bond donors (Lipinski definition) is 3. The van der Waals surface area contributed by atoms with Gasteiger partial charge in [0.2, 0.25) is 0 Å². The summed E-state index contributed by atoms with van der Waals surface area (Å²) in [5.74, 6) is -0.805. The lowest BCUT2D eigenvalue weighted by Gasteiger charge is -2.13. The highest BCUT2D eigenvalue weighted by Crippen LogP contribution is 2.21. The van der Waals surface area contributed by atoms with Crippen molar-refractivity contribution in [1.29, 1.82) is 0 Å². The fourth-order valence-corrected chi connectivity index (χ4v) is 2.14. The lowest BCUT2D eigenvalue weighted by molar-refractivity contribution is -0.137. The minimum absolute atomic E-state index is 0.138. The fourth-order valence-electron chi connectivity index (χ4n) is 2.14. The number of hydrogen-bond acceptors (Lipinski definition) is 2. The molecule has 1 aromatic rings. The maximum atomic E-state index is 11.8. The van der Waals surface area contributed by atoms with Gasteiger partial charge < -0.3 is 15.7 Å². The Bertz CT molecular complexity index is 475. The number of benzene rings is 1. The SMILES string of the molecule is Cc1cc(C)c(NC(=O)NCCCCC(=O)O)c(C)c1. The summed E-state index contributed by atoms with van der Waals surface area (Å²) in [6.07, 6.45) is 1.36. The van der Waals surface area contributed by atoms with Crippen LogP contribution in [0.15, 0.2) is 12.1 Å². The standard InChI is InChI=1S/C15H22N2O3/c1-10-8-11(2)14(12(3)9-10)17-15(20)16-7-5-4-6-13(18)19/h8-9H,4-7H2,1-3H3,(H,18,19)(H2,16,17,20). The van der Waals surface area contributed by atoms with Crippen LogP contribution in [0.4, 0.5) is 10.5 Å². The van der Waals surface area contributed by atoms with Crippen LogP contribution in [0.3, 0.4) is 0 Å². The minimum Gasteiger partial charge on any atom is -0.481 e. The van der Waals surface area contributed by atoms with Crippen molar-refractivity contribution in [3.63, 3.8) is 0 Å². The van der Waals surface area contributed by atoms with Crippen LogP contribution in [-0.2, 0) is 4.79 Å². The molecule has 0 heterocycles. The number of carboxylic acid groups (broad SMARTS) is 1.